The van der Waals surface area contributed by atoms with Crippen molar-refractivity contribution in [2.75, 3.05) is 0 Å². The van der Waals surface area contributed by atoms with Crippen molar-refractivity contribution in [2.45, 2.75) is 33.1 Å². The van der Waals surface area contributed by atoms with Crippen molar-refractivity contribution in [3.8, 4) is 0 Å². The van der Waals surface area contributed by atoms with Gasteiger partial charge in [0, 0.05) is 10.4 Å². The molecule has 0 aliphatic heterocycles. The van der Waals surface area contributed by atoms with Crippen molar-refractivity contribution >= 4 is 10.4 Å². The normalized spacial score (nSPS) is 8.33. The average molecular weight is 214 g/mol. The molecule has 0 aromatic rings. The van der Waals surface area contributed by atoms with Crippen LogP contribution >= 0.6 is 0 Å². The second kappa shape index (κ2) is 15.3. The van der Waals surface area contributed by atoms with Crippen LogP contribution in [0.25, 0.3) is 0 Å². The van der Waals surface area contributed by atoms with E-state index in [1.165, 1.54) is 19.3 Å². The van der Waals surface area contributed by atoms with Gasteiger partial charge < -0.3 is 9.11 Å². The fraction of sp³-hybridized carbons (Fsp3) is 1.00. The van der Waals surface area contributed by atoms with Gasteiger partial charge in [-0.05, 0) is 0 Å². The summed E-state index contributed by atoms with van der Waals surface area (Å²) in [6.45, 7) is 4.42. The van der Waals surface area contributed by atoms with Crippen LogP contribution in [0.1, 0.15) is 33.1 Å². The van der Waals surface area contributed by atoms with E-state index in [9.17, 15) is 0 Å². The summed E-state index contributed by atoms with van der Waals surface area (Å²) >= 11 is 0. The zero-order chi connectivity index (χ0) is 8.62. The molecule has 0 bridgehead atoms. The molecule has 0 rings (SSSR count). The average Bonchev–Trinajstić information content (AvgIpc) is 1.63. The van der Waals surface area contributed by atoms with E-state index in [2.05, 4.69) is 13.8 Å². The number of unbranched alkanes of at least 4 members (excludes halogenated alkanes) is 2. The largest absolute Gasteiger partial charge is 1.00 e. The Bertz CT molecular complexity index is 136. The van der Waals surface area contributed by atoms with Crippen LogP contribution in [0, 0.1) is 0 Å². The minimum atomic E-state index is -5.17. The quantitative estimate of drug-likeness (QED) is 0.261. The van der Waals surface area contributed by atoms with Crippen LogP contribution in [-0.2, 0) is 10.4 Å². The molecule has 0 saturated heterocycles. The number of hydrogen-bond acceptors (Lipinski definition) is 4. The molecule has 7 heteroatoms. The second-order valence-corrected chi connectivity index (χ2v) is 2.58. The van der Waals surface area contributed by atoms with Gasteiger partial charge in [0.25, 0.3) is 0 Å². The summed E-state index contributed by atoms with van der Waals surface area (Å²) < 4.78 is 34.1. The molecule has 0 heterocycles. The SMILES string of the molecule is CCCCC.O=S(=O)([O-])[O-].[Na+].[Na+]. The zero-order valence-electron chi connectivity index (χ0n) is 8.16. The molecule has 0 atom stereocenters. The summed E-state index contributed by atoms with van der Waals surface area (Å²) in [7, 11) is -5.17. The smallest absolute Gasteiger partial charge is 0.759 e. The zero-order valence-corrected chi connectivity index (χ0v) is 13.0. The Balaban J connectivity index is -0.0000000457. The first-order valence-electron chi connectivity index (χ1n) is 3.08. The molecule has 0 unspecified atom stereocenters. The van der Waals surface area contributed by atoms with Gasteiger partial charge in [0.05, 0.1) is 0 Å². The van der Waals surface area contributed by atoms with Crippen molar-refractivity contribution in [3.05, 3.63) is 0 Å². The molecule has 0 spiro atoms. The Labute approximate surface area is 119 Å². The predicted octanol–water partition coefficient (Wildman–Crippen LogP) is -5.13. The Morgan fingerprint density at radius 1 is 1.00 bits per heavy atom. The van der Waals surface area contributed by atoms with Crippen molar-refractivity contribution < 1.29 is 76.6 Å². The number of hydrogen-bond donors (Lipinski definition) is 0. The van der Waals surface area contributed by atoms with Gasteiger partial charge in [-0.3, -0.25) is 8.42 Å². The van der Waals surface area contributed by atoms with Crippen LogP contribution in [0.3, 0.4) is 0 Å². The third-order valence-electron chi connectivity index (χ3n) is 0.707. The van der Waals surface area contributed by atoms with E-state index in [1.807, 2.05) is 0 Å². The van der Waals surface area contributed by atoms with Crippen LogP contribution in [0.2, 0.25) is 0 Å². The van der Waals surface area contributed by atoms with Gasteiger partial charge in [-0.1, -0.05) is 33.1 Å². The molecule has 0 aromatic heterocycles. The Morgan fingerprint density at radius 3 is 1.17 bits per heavy atom. The van der Waals surface area contributed by atoms with Crippen molar-refractivity contribution in [2.24, 2.45) is 0 Å². The van der Waals surface area contributed by atoms with Gasteiger partial charge in [0.1, 0.15) is 0 Å². The van der Waals surface area contributed by atoms with Crippen LogP contribution in [0.4, 0.5) is 0 Å². The summed E-state index contributed by atoms with van der Waals surface area (Å²) in [5, 5.41) is 0. The van der Waals surface area contributed by atoms with Gasteiger partial charge >= 0.3 is 59.1 Å². The molecule has 0 N–H and O–H groups in total. The molecule has 4 nitrogen and oxygen atoms in total. The monoisotopic (exact) mass is 214 g/mol. The van der Waals surface area contributed by atoms with E-state index < -0.39 is 10.4 Å². The Hall–Kier alpha value is 1.87. The van der Waals surface area contributed by atoms with E-state index in [-0.39, 0.29) is 59.1 Å². The summed E-state index contributed by atoms with van der Waals surface area (Å²) in [5.41, 5.74) is 0. The predicted molar refractivity (Wildman–Crippen MR) is 35.7 cm³/mol. The van der Waals surface area contributed by atoms with E-state index in [4.69, 9.17) is 17.5 Å². The molecule has 0 aliphatic carbocycles. The summed E-state index contributed by atoms with van der Waals surface area (Å²) in [6, 6.07) is 0. The maximum Gasteiger partial charge on any atom is 1.00 e. The van der Waals surface area contributed by atoms with Gasteiger partial charge in [-0.15, -0.1) is 0 Å². The van der Waals surface area contributed by atoms with Crippen molar-refractivity contribution in [1.29, 1.82) is 0 Å². The Morgan fingerprint density at radius 2 is 1.17 bits per heavy atom. The van der Waals surface area contributed by atoms with Gasteiger partial charge in [-0.2, -0.15) is 0 Å². The first kappa shape index (κ1) is 23.6. The maximum atomic E-state index is 8.52. The first-order chi connectivity index (χ1) is 4.41. The van der Waals surface area contributed by atoms with Crippen LogP contribution in [-0.4, -0.2) is 17.5 Å². The molecule has 12 heavy (non-hydrogen) atoms. The minimum Gasteiger partial charge on any atom is -0.759 e. The molecule has 0 radical (unpaired) electrons. The first-order valence-corrected chi connectivity index (χ1v) is 4.41. The summed E-state index contributed by atoms with van der Waals surface area (Å²) in [4.78, 5) is 0. The molecule has 0 fully saturated rings. The van der Waals surface area contributed by atoms with Gasteiger partial charge in [0.2, 0.25) is 0 Å². The van der Waals surface area contributed by atoms with E-state index in [1.54, 1.807) is 0 Å². The van der Waals surface area contributed by atoms with Crippen molar-refractivity contribution in [3.63, 3.8) is 0 Å². The summed E-state index contributed by atoms with van der Waals surface area (Å²) in [6.07, 6.45) is 4.08. The Kier molecular flexibility index (Phi) is 30.2. The summed E-state index contributed by atoms with van der Waals surface area (Å²) in [5.74, 6) is 0. The van der Waals surface area contributed by atoms with Crippen LogP contribution in [0.5, 0.6) is 0 Å². The standard InChI is InChI=1S/C5H12.2Na.H2O4S/c1-3-5-4-2;;;1-5(2,3)4/h3-5H2,1-2H3;;;(H2,1,2,3,4)/q;2*+1;/p-2. The molecular weight excluding hydrogens is 202 g/mol. The minimum absolute atomic E-state index is 0. The molecule has 64 valence electrons. The molecule has 0 saturated carbocycles. The fourth-order valence-electron chi connectivity index (χ4n) is 0.354. The topological polar surface area (TPSA) is 80.3 Å². The van der Waals surface area contributed by atoms with E-state index >= 15 is 0 Å². The van der Waals surface area contributed by atoms with Gasteiger partial charge in [0.15, 0.2) is 0 Å². The van der Waals surface area contributed by atoms with E-state index in [0.717, 1.165) is 0 Å². The second-order valence-electron chi connectivity index (χ2n) is 1.76. The van der Waals surface area contributed by atoms with Crippen LogP contribution in [0.15, 0.2) is 0 Å². The molecule has 0 aromatic carbocycles. The van der Waals surface area contributed by atoms with Crippen LogP contribution < -0.4 is 59.1 Å². The van der Waals surface area contributed by atoms with Gasteiger partial charge in [-0.25, -0.2) is 0 Å². The molecular formula is C5H12Na2O4S. The third-order valence-corrected chi connectivity index (χ3v) is 0.707. The third kappa shape index (κ3) is 93.6. The molecule has 0 amide bonds. The molecule has 0 aliphatic rings. The maximum absolute atomic E-state index is 8.52. The number of rotatable bonds is 2. The van der Waals surface area contributed by atoms with Crippen molar-refractivity contribution in [1.82, 2.24) is 0 Å². The van der Waals surface area contributed by atoms with E-state index in [0.29, 0.717) is 0 Å². The fourth-order valence-corrected chi connectivity index (χ4v) is 0.354.